The number of fused-ring (bicyclic) bond motifs is 5. The van der Waals surface area contributed by atoms with Gasteiger partial charge in [-0.2, -0.15) is 10.5 Å². The molecule has 4 aliphatic heterocycles. The Labute approximate surface area is 425 Å². The maximum atomic E-state index is 12.9. The highest BCUT2D eigenvalue weighted by Crippen LogP contribution is 2.58. The maximum Gasteiger partial charge on any atom is 0.410 e. The van der Waals surface area contributed by atoms with E-state index in [9.17, 15) is 20.1 Å². The minimum Gasteiger partial charge on any atom is -0.444 e. The van der Waals surface area contributed by atoms with Gasteiger partial charge in [-0.1, -0.05) is 26.7 Å². The minimum absolute atomic E-state index is 0.0117. The quantitative estimate of drug-likeness (QED) is 0.154. The molecule has 2 spiro atoms. The highest BCUT2D eigenvalue weighted by molar-refractivity contribution is 5.77. The van der Waals surface area contributed by atoms with Crippen molar-refractivity contribution in [3.05, 3.63) is 71.6 Å². The first-order valence-electron chi connectivity index (χ1n) is 26.0. The summed E-state index contributed by atoms with van der Waals surface area (Å²) in [5.41, 5.74) is 2.52. The fourth-order valence-electron chi connectivity index (χ4n) is 11.3. The fourth-order valence-corrected chi connectivity index (χ4v) is 11.3. The zero-order chi connectivity index (χ0) is 51.6. The number of hydrogen-bond donors (Lipinski definition) is 0. The molecule has 0 unspecified atom stereocenters. The first-order chi connectivity index (χ1) is 34.5. The summed E-state index contributed by atoms with van der Waals surface area (Å²) in [6.07, 6.45) is 14.6. The van der Waals surface area contributed by atoms with Gasteiger partial charge in [-0.25, -0.2) is 39.5 Å². The second-order valence-electron chi connectivity index (χ2n) is 21.5. The lowest BCUT2D eigenvalue weighted by Gasteiger charge is -2.40. The predicted octanol–water partition coefficient (Wildman–Crippen LogP) is 9.33. The maximum absolute atomic E-state index is 12.9. The van der Waals surface area contributed by atoms with Crippen LogP contribution in [0, 0.1) is 22.7 Å². The number of nitrogens with zero attached hydrogens (tertiary/aromatic N) is 14. The van der Waals surface area contributed by atoms with Crippen LogP contribution in [0.25, 0.3) is 0 Å². The van der Waals surface area contributed by atoms with E-state index in [0.29, 0.717) is 37.3 Å². The number of carbonyl (C=O) groups excluding carboxylic acids is 2. The second kappa shape index (κ2) is 20.7. The molecule has 0 N–H and O–H groups in total. The molecule has 2 amide bonds. The highest BCUT2D eigenvalue weighted by atomic mass is 16.6. The molecule has 2 atom stereocenters. The number of carbonyl (C=O) groups is 2. The van der Waals surface area contributed by atoms with E-state index in [0.717, 1.165) is 105 Å². The largest absolute Gasteiger partial charge is 0.444 e. The van der Waals surface area contributed by atoms with E-state index in [1.807, 2.05) is 79.3 Å². The molecule has 4 aromatic heterocycles. The topological polar surface area (TPSA) is 197 Å². The van der Waals surface area contributed by atoms with E-state index in [1.165, 1.54) is 18.4 Å². The zero-order valence-electron chi connectivity index (χ0n) is 44.0. The first-order valence-corrected chi connectivity index (χ1v) is 26.0. The van der Waals surface area contributed by atoms with Crippen LogP contribution < -0.4 is 19.6 Å². The van der Waals surface area contributed by atoms with Crippen molar-refractivity contribution in [1.29, 1.82) is 10.5 Å². The van der Waals surface area contributed by atoms with Crippen molar-refractivity contribution in [3.8, 4) is 12.1 Å². The van der Waals surface area contributed by atoms with Crippen LogP contribution in [0.1, 0.15) is 143 Å². The van der Waals surface area contributed by atoms with Gasteiger partial charge in [-0.3, -0.25) is 0 Å². The summed E-state index contributed by atoms with van der Waals surface area (Å²) < 4.78 is 11.3. The van der Waals surface area contributed by atoms with Crippen molar-refractivity contribution in [2.75, 3.05) is 72.0 Å². The van der Waals surface area contributed by atoms with Gasteiger partial charge in [0.25, 0.3) is 0 Å². The number of amides is 2. The normalized spacial score (nSPS) is 19.6. The molecule has 72 heavy (non-hydrogen) atoms. The van der Waals surface area contributed by atoms with Gasteiger partial charge in [0.15, 0.2) is 0 Å². The first kappa shape index (κ1) is 51.5. The number of rotatable bonds is 9. The van der Waals surface area contributed by atoms with E-state index in [2.05, 4.69) is 53.6 Å². The number of nitriles is 2. The molecule has 10 rings (SSSR count). The fraction of sp³-hybridized carbons (Fsp3) is 0.593. The lowest BCUT2D eigenvalue weighted by Crippen LogP contribution is -2.43. The monoisotopic (exact) mass is 981 g/mol. The summed E-state index contributed by atoms with van der Waals surface area (Å²) in [5.74, 6) is 5.21. The van der Waals surface area contributed by atoms with Gasteiger partial charge in [0.05, 0.1) is 35.3 Å². The van der Waals surface area contributed by atoms with Gasteiger partial charge in [0, 0.05) is 86.7 Å². The SMILES string of the molecule is CC.CC(C)(C)OC(=O)N1CC[C@H]2[C@@H]1CCN2c1ncnc2c1C1(CCC1)CN2c1cc(C#N)ccn1.CCN(CCN(CC)c1ncnc2c1C1(CCC1)CN2c1cc(C#N)ccn1)C(=O)OC(C)(C)C. The Hall–Kier alpha value is -6.82. The summed E-state index contributed by atoms with van der Waals surface area (Å²) in [6.45, 7) is 25.1. The summed E-state index contributed by atoms with van der Waals surface area (Å²) in [6, 6.07) is 11.9. The van der Waals surface area contributed by atoms with Crippen LogP contribution >= 0.6 is 0 Å². The van der Waals surface area contributed by atoms with Crippen LogP contribution in [0.4, 0.5) is 44.5 Å². The van der Waals surface area contributed by atoms with E-state index in [-0.39, 0.29) is 35.1 Å². The number of anilines is 6. The number of hydrogen-bond acceptors (Lipinski definition) is 16. The lowest BCUT2D eigenvalue weighted by molar-refractivity contribution is 0.0225. The number of likely N-dealkylation sites (N-methyl/N-ethyl adjacent to an activating group) is 2. The van der Waals surface area contributed by atoms with Crippen molar-refractivity contribution in [2.24, 2.45) is 0 Å². The second-order valence-corrected chi connectivity index (χ2v) is 21.5. The van der Waals surface area contributed by atoms with Crippen molar-refractivity contribution in [2.45, 2.75) is 155 Å². The number of pyridine rings is 2. The molecule has 18 heteroatoms. The molecule has 18 nitrogen and oxygen atoms in total. The molecule has 6 aliphatic rings. The van der Waals surface area contributed by atoms with Crippen LogP contribution in [0.3, 0.4) is 0 Å². The van der Waals surface area contributed by atoms with E-state index >= 15 is 0 Å². The van der Waals surface area contributed by atoms with Gasteiger partial charge >= 0.3 is 12.2 Å². The summed E-state index contributed by atoms with van der Waals surface area (Å²) in [4.78, 5) is 66.2. The molecular weight excluding hydrogens is 909 g/mol. The third-order valence-electron chi connectivity index (χ3n) is 14.9. The van der Waals surface area contributed by atoms with Gasteiger partial charge < -0.3 is 38.9 Å². The van der Waals surface area contributed by atoms with Crippen molar-refractivity contribution >= 4 is 47.1 Å². The van der Waals surface area contributed by atoms with Gasteiger partial charge in [-0.05, 0) is 118 Å². The van der Waals surface area contributed by atoms with Crippen LogP contribution in [-0.2, 0) is 20.3 Å². The molecule has 0 aromatic carbocycles. The Morgan fingerprint density at radius 3 is 1.74 bits per heavy atom. The summed E-state index contributed by atoms with van der Waals surface area (Å²) in [7, 11) is 0. The molecule has 2 saturated heterocycles. The van der Waals surface area contributed by atoms with Crippen LogP contribution in [-0.4, -0.2) is 128 Å². The number of likely N-dealkylation sites (tertiary alicyclic amines) is 1. The van der Waals surface area contributed by atoms with Crippen LogP contribution in [0.2, 0.25) is 0 Å². The third kappa shape index (κ3) is 10.0. The highest BCUT2D eigenvalue weighted by Gasteiger charge is 2.54. The lowest BCUT2D eigenvalue weighted by atomic mass is 9.66. The molecule has 2 aliphatic carbocycles. The Kier molecular flexibility index (Phi) is 14.8. The Balaban J connectivity index is 0.000000186. The third-order valence-corrected chi connectivity index (χ3v) is 14.9. The molecule has 2 saturated carbocycles. The standard InChI is InChI=1S/C26H31N7O2.C26H35N7O2.C2H6/c1-25(2,3)35-24(34)32-12-7-18-19(32)6-11-31(18)22-21-23(30-16-29-22)33(15-26(21)8-4-9-26)20-13-17(14-27)5-10-28-20;1-6-31(13-14-32(7-2)24(34)35-25(3,4)5)22-21-23(30-18-29-22)33(17-26(21)10-8-11-26)20-15-19(16-27)9-12-28-20;1-2/h5,10,13,16,18-19H,4,6-9,11-12,15H2,1-3H3;9,12,15,18H,6-8,10-11,13-14,17H2,1-5H3;1-2H3/t18-,19-;;/m0../s1. The molecule has 382 valence electrons. The van der Waals surface area contributed by atoms with Gasteiger partial charge in [0.2, 0.25) is 0 Å². The van der Waals surface area contributed by atoms with E-state index < -0.39 is 11.2 Å². The zero-order valence-corrected chi connectivity index (χ0v) is 44.0. The van der Waals surface area contributed by atoms with Gasteiger partial charge in [0.1, 0.15) is 58.8 Å². The molecule has 0 bridgehead atoms. The molecule has 0 radical (unpaired) electrons. The Morgan fingerprint density at radius 2 is 1.22 bits per heavy atom. The van der Waals surface area contributed by atoms with Crippen LogP contribution in [0.15, 0.2) is 49.3 Å². The number of ether oxygens (including phenoxy) is 2. The number of aromatic nitrogens is 6. The van der Waals surface area contributed by atoms with E-state index in [4.69, 9.17) is 24.4 Å². The van der Waals surface area contributed by atoms with E-state index in [1.54, 1.807) is 42.1 Å². The van der Waals surface area contributed by atoms with Crippen molar-refractivity contribution < 1.29 is 19.1 Å². The smallest absolute Gasteiger partial charge is 0.410 e. The molecular formula is C54H72N14O4. The molecule has 4 aromatic rings. The van der Waals surface area contributed by atoms with Crippen molar-refractivity contribution in [3.63, 3.8) is 0 Å². The predicted molar refractivity (Wildman–Crippen MR) is 277 cm³/mol. The Bertz CT molecular complexity index is 2700. The molecule has 8 heterocycles. The molecule has 4 fully saturated rings. The average molecular weight is 981 g/mol. The average Bonchev–Trinajstić information content (AvgIpc) is 4.13. The summed E-state index contributed by atoms with van der Waals surface area (Å²) >= 11 is 0. The minimum atomic E-state index is -0.528. The Morgan fingerprint density at radius 1 is 0.694 bits per heavy atom. The van der Waals surface area contributed by atoms with Crippen LogP contribution in [0.5, 0.6) is 0 Å². The summed E-state index contributed by atoms with van der Waals surface area (Å²) in [5, 5.41) is 18.8. The van der Waals surface area contributed by atoms with Gasteiger partial charge in [-0.15, -0.1) is 0 Å². The van der Waals surface area contributed by atoms with Crippen molar-refractivity contribution in [1.82, 2.24) is 39.7 Å².